The number of hydrogen-bond acceptors (Lipinski definition) is 4. The standard InChI is InChI=1S/C22H21ClN4O3/c1-14-20(21(23)27(26-14)16-5-3-2-4-6-16)22(29)24-11-12-30-17-8-9-18-15(13-17)7-10-19(28)25-18/h2-6,8-9,13H,7,10-12H2,1H3,(H,24,29)(H,25,28). The van der Waals surface area contributed by atoms with Crippen LogP contribution in [0.15, 0.2) is 48.5 Å². The zero-order chi connectivity index (χ0) is 21.1. The van der Waals surface area contributed by atoms with Gasteiger partial charge in [-0.25, -0.2) is 4.68 Å². The SMILES string of the molecule is Cc1nn(-c2ccccc2)c(Cl)c1C(=O)NCCOc1ccc2c(c1)CCC(=O)N2. The van der Waals surface area contributed by atoms with E-state index in [2.05, 4.69) is 15.7 Å². The summed E-state index contributed by atoms with van der Waals surface area (Å²) in [5.74, 6) is 0.435. The molecule has 0 saturated carbocycles. The molecule has 8 heteroatoms. The third kappa shape index (κ3) is 4.16. The van der Waals surface area contributed by atoms with Crippen LogP contribution in [0.25, 0.3) is 5.69 Å². The first-order valence-electron chi connectivity index (χ1n) is 9.67. The summed E-state index contributed by atoms with van der Waals surface area (Å²) in [7, 11) is 0. The summed E-state index contributed by atoms with van der Waals surface area (Å²) in [4.78, 5) is 24.1. The Labute approximate surface area is 179 Å². The second-order valence-electron chi connectivity index (χ2n) is 6.97. The van der Waals surface area contributed by atoms with Gasteiger partial charge in [-0.1, -0.05) is 29.8 Å². The number of rotatable bonds is 6. The van der Waals surface area contributed by atoms with Crippen molar-refractivity contribution in [3.8, 4) is 11.4 Å². The number of aromatic nitrogens is 2. The molecule has 0 bridgehead atoms. The number of ether oxygens (including phenoxy) is 1. The molecular formula is C22H21ClN4O3. The Kier molecular flexibility index (Phi) is 5.72. The van der Waals surface area contributed by atoms with Gasteiger partial charge in [0.05, 0.1) is 23.5 Å². The van der Waals surface area contributed by atoms with Gasteiger partial charge in [0.1, 0.15) is 17.5 Å². The minimum Gasteiger partial charge on any atom is -0.492 e. The highest BCUT2D eigenvalue weighted by atomic mass is 35.5. The monoisotopic (exact) mass is 424 g/mol. The lowest BCUT2D eigenvalue weighted by Gasteiger charge is -2.17. The van der Waals surface area contributed by atoms with Crippen LogP contribution >= 0.6 is 11.6 Å². The molecule has 0 aliphatic carbocycles. The molecule has 1 aromatic heterocycles. The van der Waals surface area contributed by atoms with Crippen molar-refractivity contribution in [1.82, 2.24) is 15.1 Å². The third-order valence-corrected chi connectivity index (χ3v) is 5.21. The summed E-state index contributed by atoms with van der Waals surface area (Å²) in [6.45, 7) is 2.38. The molecule has 7 nitrogen and oxygen atoms in total. The Hall–Kier alpha value is -3.32. The Balaban J connectivity index is 1.35. The molecular weight excluding hydrogens is 404 g/mol. The molecule has 1 aliphatic rings. The number of benzene rings is 2. The number of amides is 2. The number of halogens is 1. The summed E-state index contributed by atoms with van der Waals surface area (Å²) >= 11 is 6.42. The fourth-order valence-corrected chi connectivity index (χ4v) is 3.73. The first-order valence-corrected chi connectivity index (χ1v) is 10.0. The Morgan fingerprint density at radius 3 is 2.83 bits per heavy atom. The number of carbonyl (C=O) groups excluding carboxylic acids is 2. The average molecular weight is 425 g/mol. The van der Waals surface area contributed by atoms with Crippen molar-refractivity contribution >= 4 is 29.1 Å². The van der Waals surface area contributed by atoms with E-state index >= 15 is 0 Å². The number of hydrogen-bond donors (Lipinski definition) is 2. The highest BCUT2D eigenvalue weighted by Crippen LogP contribution is 2.27. The van der Waals surface area contributed by atoms with Crippen LogP contribution in [0, 0.1) is 6.92 Å². The molecule has 0 radical (unpaired) electrons. The second kappa shape index (κ2) is 8.59. The summed E-state index contributed by atoms with van der Waals surface area (Å²) in [5, 5.41) is 10.3. The summed E-state index contributed by atoms with van der Waals surface area (Å²) in [6.07, 6.45) is 1.17. The molecule has 30 heavy (non-hydrogen) atoms. The lowest BCUT2D eigenvalue weighted by molar-refractivity contribution is -0.116. The van der Waals surface area contributed by atoms with E-state index in [4.69, 9.17) is 16.3 Å². The van der Waals surface area contributed by atoms with E-state index < -0.39 is 0 Å². The van der Waals surface area contributed by atoms with Crippen LogP contribution in [0.4, 0.5) is 5.69 Å². The lowest BCUT2D eigenvalue weighted by atomic mass is 10.0. The number of nitrogens with one attached hydrogen (secondary N) is 2. The molecule has 154 valence electrons. The molecule has 0 atom stereocenters. The smallest absolute Gasteiger partial charge is 0.256 e. The van der Waals surface area contributed by atoms with Crippen molar-refractivity contribution in [1.29, 1.82) is 0 Å². The minimum atomic E-state index is -0.295. The first kappa shape index (κ1) is 20.0. The van der Waals surface area contributed by atoms with Gasteiger partial charge in [0.25, 0.3) is 5.91 Å². The largest absolute Gasteiger partial charge is 0.492 e. The van der Waals surface area contributed by atoms with E-state index in [-0.39, 0.29) is 17.0 Å². The molecule has 2 aromatic carbocycles. The fraction of sp³-hybridized carbons (Fsp3) is 0.227. The van der Waals surface area contributed by atoms with Gasteiger partial charge in [0.15, 0.2) is 0 Å². The number of para-hydroxylation sites is 1. The molecule has 2 heterocycles. The van der Waals surface area contributed by atoms with Gasteiger partial charge in [-0.2, -0.15) is 5.10 Å². The van der Waals surface area contributed by atoms with E-state index in [1.54, 1.807) is 17.7 Å². The minimum absolute atomic E-state index is 0.0309. The number of nitrogens with zero attached hydrogens (tertiary/aromatic N) is 2. The second-order valence-corrected chi connectivity index (χ2v) is 7.33. The Morgan fingerprint density at radius 1 is 1.23 bits per heavy atom. The average Bonchev–Trinajstić information content (AvgIpc) is 3.05. The van der Waals surface area contributed by atoms with Crippen LogP contribution in [-0.4, -0.2) is 34.7 Å². The molecule has 4 rings (SSSR count). The predicted octanol–water partition coefficient (Wildman–Crippen LogP) is 3.53. The van der Waals surface area contributed by atoms with Gasteiger partial charge >= 0.3 is 0 Å². The number of fused-ring (bicyclic) bond motifs is 1. The Morgan fingerprint density at radius 2 is 2.03 bits per heavy atom. The van der Waals surface area contributed by atoms with E-state index in [9.17, 15) is 9.59 Å². The van der Waals surface area contributed by atoms with Crippen molar-refractivity contribution in [3.63, 3.8) is 0 Å². The van der Waals surface area contributed by atoms with Crippen molar-refractivity contribution in [3.05, 3.63) is 70.5 Å². The van der Waals surface area contributed by atoms with Gasteiger partial charge in [-0.15, -0.1) is 0 Å². The van der Waals surface area contributed by atoms with E-state index in [1.807, 2.05) is 42.5 Å². The maximum Gasteiger partial charge on any atom is 0.256 e. The lowest BCUT2D eigenvalue weighted by Crippen LogP contribution is -2.28. The summed E-state index contributed by atoms with van der Waals surface area (Å²) < 4.78 is 7.29. The van der Waals surface area contributed by atoms with Gasteiger partial charge in [0, 0.05) is 12.1 Å². The molecule has 1 aliphatic heterocycles. The van der Waals surface area contributed by atoms with Crippen LogP contribution in [0.2, 0.25) is 5.15 Å². The predicted molar refractivity (Wildman–Crippen MR) is 115 cm³/mol. The fourth-order valence-electron chi connectivity index (χ4n) is 3.37. The van der Waals surface area contributed by atoms with Gasteiger partial charge in [-0.3, -0.25) is 9.59 Å². The maximum atomic E-state index is 12.6. The molecule has 0 saturated heterocycles. The molecule has 0 fully saturated rings. The highest BCUT2D eigenvalue weighted by molar-refractivity contribution is 6.33. The zero-order valence-electron chi connectivity index (χ0n) is 16.4. The zero-order valence-corrected chi connectivity index (χ0v) is 17.2. The van der Waals surface area contributed by atoms with Crippen molar-refractivity contribution < 1.29 is 14.3 Å². The van der Waals surface area contributed by atoms with Gasteiger partial charge < -0.3 is 15.4 Å². The van der Waals surface area contributed by atoms with Gasteiger partial charge in [0.2, 0.25) is 5.91 Å². The number of carbonyl (C=O) groups is 2. The van der Waals surface area contributed by atoms with E-state index in [0.29, 0.717) is 43.0 Å². The molecule has 2 N–H and O–H groups in total. The van der Waals surface area contributed by atoms with E-state index in [0.717, 1.165) is 16.9 Å². The Bertz CT molecular complexity index is 1100. The van der Waals surface area contributed by atoms with Crippen molar-refractivity contribution in [2.75, 3.05) is 18.5 Å². The first-order chi connectivity index (χ1) is 14.5. The van der Waals surface area contributed by atoms with Crippen molar-refractivity contribution in [2.45, 2.75) is 19.8 Å². The van der Waals surface area contributed by atoms with Crippen LogP contribution in [0.1, 0.15) is 28.0 Å². The van der Waals surface area contributed by atoms with Crippen LogP contribution in [0.3, 0.4) is 0 Å². The maximum absolute atomic E-state index is 12.6. The summed E-state index contributed by atoms with van der Waals surface area (Å²) in [5.41, 5.74) is 3.57. The van der Waals surface area contributed by atoms with Crippen LogP contribution in [0.5, 0.6) is 5.75 Å². The quantitative estimate of drug-likeness (QED) is 0.593. The number of aryl methyl sites for hydroxylation is 2. The molecule has 0 unspecified atom stereocenters. The third-order valence-electron chi connectivity index (χ3n) is 4.86. The topological polar surface area (TPSA) is 85.2 Å². The molecule has 2 amide bonds. The van der Waals surface area contributed by atoms with E-state index in [1.165, 1.54) is 0 Å². The molecule has 3 aromatic rings. The van der Waals surface area contributed by atoms with Gasteiger partial charge in [-0.05, 0) is 49.2 Å². The highest BCUT2D eigenvalue weighted by Gasteiger charge is 2.21. The summed E-state index contributed by atoms with van der Waals surface area (Å²) in [6, 6.07) is 15.0. The normalized spacial score (nSPS) is 12.8. The molecule has 0 spiro atoms. The van der Waals surface area contributed by atoms with Crippen LogP contribution in [-0.2, 0) is 11.2 Å². The van der Waals surface area contributed by atoms with Crippen LogP contribution < -0.4 is 15.4 Å². The number of anilines is 1. The van der Waals surface area contributed by atoms with Crippen molar-refractivity contribution in [2.24, 2.45) is 0 Å².